The maximum atomic E-state index is 11.8. The average Bonchev–Trinajstić information content (AvgIpc) is 2.46. The standard InChI is InChI=1S/C16H26O3S.H3N/c1-2-3-4-5-6-7-8-12-15-19-20(17,18)16-13-10-9-11-14-16;/h9-11,13-14H,2-8,12,15H2,1H3;1H3. The quantitative estimate of drug-likeness (QED) is 0.474. The van der Waals surface area contributed by atoms with E-state index in [9.17, 15) is 8.42 Å². The van der Waals surface area contributed by atoms with Crippen molar-refractivity contribution in [1.29, 1.82) is 0 Å². The van der Waals surface area contributed by atoms with Crippen LogP contribution in [0.1, 0.15) is 58.3 Å². The molecule has 0 aliphatic rings. The van der Waals surface area contributed by atoms with Crippen LogP contribution in [0.25, 0.3) is 0 Å². The summed E-state index contributed by atoms with van der Waals surface area (Å²) in [7, 11) is -3.57. The van der Waals surface area contributed by atoms with Crippen LogP contribution >= 0.6 is 0 Å². The lowest BCUT2D eigenvalue weighted by atomic mass is 10.1. The average molecular weight is 315 g/mol. The van der Waals surface area contributed by atoms with Crippen LogP contribution in [0.15, 0.2) is 35.2 Å². The topological polar surface area (TPSA) is 78.4 Å². The van der Waals surface area contributed by atoms with E-state index in [-0.39, 0.29) is 17.7 Å². The maximum absolute atomic E-state index is 11.8. The fourth-order valence-corrected chi connectivity index (χ4v) is 3.02. The van der Waals surface area contributed by atoms with E-state index in [0.29, 0.717) is 0 Å². The normalized spacial score (nSPS) is 11.1. The summed E-state index contributed by atoms with van der Waals surface area (Å²) in [4.78, 5) is 0.236. The molecule has 3 N–H and O–H groups in total. The second kappa shape index (κ2) is 11.7. The molecule has 0 aromatic heterocycles. The van der Waals surface area contributed by atoms with E-state index in [1.54, 1.807) is 30.3 Å². The second-order valence-electron chi connectivity index (χ2n) is 5.06. The van der Waals surface area contributed by atoms with E-state index < -0.39 is 10.1 Å². The Morgan fingerprint density at radius 1 is 0.857 bits per heavy atom. The van der Waals surface area contributed by atoms with Gasteiger partial charge in [-0.05, 0) is 18.6 Å². The molecule has 21 heavy (non-hydrogen) atoms. The lowest BCUT2D eigenvalue weighted by Crippen LogP contribution is -2.07. The zero-order valence-corrected chi connectivity index (χ0v) is 13.9. The Kier molecular flexibility index (Phi) is 11.2. The summed E-state index contributed by atoms with van der Waals surface area (Å²) in [6.45, 7) is 2.50. The van der Waals surface area contributed by atoms with Gasteiger partial charge in [-0.3, -0.25) is 4.18 Å². The molecule has 4 nitrogen and oxygen atoms in total. The summed E-state index contributed by atoms with van der Waals surface area (Å²) in [5.41, 5.74) is 0. The first-order chi connectivity index (χ1) is 9.67. The van der Waals surface area contributed by atoms with Crippen molar-refractivity contribution in [1.82, 2.24) is 6.15 Å². The smallest absolute Gasteiger partial charge is 0.296 e. The highest BCUT2D eigenvalue weighted by molar-refractivity contribution is 7.86. The summed E-state index contributed by atoms with van der Waals surface area (Å²) in [5, 5.41) is 0. The van der Waals surface area contributed by atoms with Gasteiger partial charge in [0.2, 0.25) is 0 Å². The van der Waals surface area contributed by atoms with Crippen molar-refractivity contribution in [3.05, 3.63) is 30.3 Å². The van der Waals surface area contributed by atoms with Crippen molar-refractivity contribution in [3.8, 4) is 0 Å². The van der Waals surface area contributed by atoms with Crippen LogP contribution in [0, 0.1) is 0 Å². The Hall–Kier alpha value is -0.910. The Labute approximate surface area is 129 Å². The van der Waals surface area contributed by atoms with Crippen LogP contribution in [-0.4, -0.2) is 15.0 Å². The van der Waals surface area contributed by atoms with E-state index in [1.165, 1.54) is 38.5 Å². The molecule has 0 amide bonds. The van der Waals surface area contributed by atoms with Crippen molar-refractivity contribution in [3.63, 3.8) is 0 Å². The van der Waals surface area contributed by atoms with E-state index in [0.717, 1.165) is 12.8 Å². The Balaban J connectivity index is 0.00000400. The number of hydrogen-bond acceptors (Lipinski definition) is 4. The van der Waals surface area contributed by atoms with Crippen molar-refractivity contribution < 1.29 is 12.6 Å². The van der Waals surface area contributed by atoms with Gasteiger partial charge in [0.1, 0.15) is 0 Å². The maximum Gasteiger partial charge on any atom is 0.296 e. The predicted octanol–water partition coefficient (Wildman–Crippen LogP) is 4.69. The van der Waals surface area contributed by atoms with Crippen LogP contribution in [0.5, 0.6) is 0 Å². The third-order valence-electron chi connectivity index (χ3n) is 3.27. The van der Waals surface area contributed by atoms with E-state index in [4.69, 9.17) is 4.18 Å². The van der Waals surface area contributed by atoms with Gasteiger partial charge in [-0.1, -0.05) is 70.1 Å². The first kappa shape index (κ1) is 20.1. The third kappa shape index (κ3) is 8.86. The minimum absolute atomic E-state index is 0. The third-order valence-corrected chi connectivity index (χ3v) is 4.59. The van der Waals surface area contributed by atoms with Gasteiger partial charge in [-0.15, -0.1) is 0 Å². The molecule has 122 valence electrons. The SMILES string of the molecule is CCCCCCCCCCOS(=O)(=O)c1ccccc1.N. The summed E-state index contributed by atoms with van der Waals surface area (Å²) in [5.74, 6) is 0. The molecule has 5 heteroatoms. The number of rotatable bonds is 11. The largest absolute Gasteiger partial charge is 0.344 e. The molecule has 0 heterocycles. The molecular formula is C16H29NO3S. The van der Waals surface area contributed by atoms with Crippen LogP contribution in [-0.2, 0) is 14.3 Å². The van der Waals surface area contributed by atoms with Crippen LogP contribution in [0.4, 0.5) is 0 Å². The van der Waals surface area contributed by atoms with Gasteiger partial charge >= 0.3 is 0 Å². The lowest BCUT2D eigenvalue weighted by molar-refractivity contribution is 0.306. The molecule has 1 rings (SSSR count). The second-order valence-corrected chi connectivity index (χ2v) is 6.68. The van der Waals surface area contributed by atoms with E-state index in [2.05, 4.69) is 6.92 Å². The molecule has 0 unspecified atom stereocenters. The van der Waals surface area contributed by atoms with Gasteiger partial charge in [0.05, 0.1) is 11.5 Å². The van der Waals surface area contributed by atoms with Gasteiger partial charge in [0.15, 0.2) is 0 Å². The highest BCUT2D eigenvalue weighted by atomic mass is 32.2. The number of unbranched alkanes of at least 4 members (excludes halogenated alkanes) is 7. The number of benzene rings is 1. The molecule has 1 aromatic rings. The summed E-state index contributed by atoms with van der Waals surface area (Å²) in [6, 6.07) is 8.31. The fourth-order valence-electron chi connectivity index (χ4n) is 2.06. The zero-order valence-electron chi connectivity index (χ0n) is 13.1. The Morgan fingerprint density at radius 3 is 1.95 bits per heavy atom. The van der Waals surface area contributed by atoms with Gasteiger partial charge in [-0.2, -0.15) is 8.42 Å². The molecule has 0 spiro atoms. The molecule has 0 atom stereocenters. The zero-order chi connectivity index (χ0) is 14.7. The first-order valence-corrected chi connectivity index (χ1v) is 9.02. The van der Waals surface area contributed by atoms with Crippen LogP contribution in [0.2, 0.25) is 0 Å². The predicted molar refractivity (Wildman–Crippen MR) is 87.2 cm³/mol. The molecule has 1 aromatic carbocycles. The van der Waals surface area contributed by atoms with Crippen molar-refractivity contribution in [2.75, 3.05) is 6.61 Å². The molecule has 0 aliphatic carbocycles. The minimum Gasteiger partial charge on any atom is -0.344 e. The van der Waals surface area contributed by atoms with Gasteiger partial charge < -0.3 is 6.15 Å². The molecule has 0 aliphatic heterocycles. The molecule has 0 saturated carbocycles. The monoisotopic (exact) mass is 315 g/mol. The van der Waals surface area contributed by atoms with Gasteiger partial charge in [-0.25, -0.2) is 0 Å². The van der Waals surface area contributed by atoms with Gasteiger partial charge in [0.25, 0.3) is 10.1 Å². The molecule has 0 fully saturated rings. The Bertz CT molecular complexity index is 446. The number of hydrogen-bond donors (Lipinski definition) is 1. The van der Waals surface area contributed by atoms with Crippen LogP contribution < -0.4 is 6.15 Å². The van der Waals surface area contributed by atoms with Gasteiger partial charge in [0, 0.05) is 0 Å². The van der Waals surface area contributed by atoms with Crippen LogP contribution in [0.3, 0.4) is 0 Å². The summed E-state index contributed by atoms with van der Waals surface area (Å²) >= 11 is 0. The van der Waals surface area contributed by atoms with Crippen molar-refractivity contribution in [2.45, 2.75) is 63.2 Å². The molecule has 0 saturated heterocycles. The highest BCUT2D eigenvalue weighted by Gasteiger charge is 2.13. The van der Waals surface area contributed by atoms with Crippen molar-refractivity contribution in [2.24, 2.45) is 0 Å². The lowest BCUT2D eigenvalue weighted by Gasteiger charge is -2.05. The van der Waals surface area contributed by atoms with E-state index >= 15 is 0 Å². The molecular weight excluding hydrogens is 286 g/mol. The van der Waals surface area contributed by atoms with Crippen molar-refractivity contribution >= 4 is 10.1 Å². The van der Waals surface area contributed by atoms with E-state index in [1.807, 2.05) is 0 Å². The fraction of sp³-hybridized carbons (Fsp3) is 0.625. The minimum atomic E-state index is -3.57. The molecule has 0 radical (unpaired) electrons. The molecule has 0 bridgehead atoms. The first-order valence-electron chi connectivity index (χ1n) is 7.61. The Morgan fingerprint density at radius 2 is 1.38 bits per heavy atom. The summed E-state index contributed by atoms with van der Waals surface area (Å²) < 4.78 is 28.7. The highest BCUT2D eigenvalue weighted by Crippen LogP contribution is 2.13. The summed E-state index contributed by atoms with van der Waals surface area (Å²) in [6.07, 6.45) is 9.44.